The van der Waals surface area contributed by atoms with E-state index in [1.54, 1.807) is 36.3 Å². The van der Waals surface area contributed by atoms with Crippen molar-refractivity contribution in [2.75, 3.05) is 33.4 Å². The molecule has 0 unspecified atom stereocenters. The van der Waals surface area contributed by atoms with E-state index in [0.29, 0.717) is 38.1 Å². The van der Waals surface area contributed by atoms with Crippen molar-refractivity contribution in [3.8, 4) is 5.75 Å². The first kappa shape index (κ1) is 16.5. The highest BCUT2D eigenvalue weighted by Gasteiger charge is 2.27. The van der Waals surface area contributed by atoms with E-state index in [1.165, 1.54) is 0 Å². The van der Waals surface area contributed by atoms with E-state index in [2.05, 4.69) is 0 Å². The minimum atomic E-state index is -0.00969. The maximum absolute atomic E-state index is 12.5. The van der Waals surface area contributed by atoms with Crippen LogP contribution in [0.15, 0.2) is 24.3 Å². The molecule has 1 aromatic carbocycles. The van der Waals surface area contributed by atoms with Crippen molar-refractivity contribution in [1.29, 1.82) is 0 Å². The Labute approximate surface area is 131 Å². The zero-order valence-electron chi connectivity index (χ0n) is 13.2. The Balaban J connectivity index is 1.87. The van der Waals surface area contributed by atoms with Gasteiger partial charge in [0.25, 0.3) is 0 Å². The Morgan fingerprint density at radius 1 is 1.18 bits per heavy atom. The molecule has 1 heterocycles. The Hall–Kier alpha value is -1.88. The second kappa shape index (κ2) is 7.94. The van der Waals surface area contributed by atoms with Crippen LogP contribution in [0.4, 0.5) is 0 Å². The van der Waals surface area contributed by atoms with E-state index in [0.717, 1.165) is 5.75 Å². The number of rotatable bonds is 6. The predicted molar refractivity (Wildman–Crippen MR) is 83.1 cm³/mol. The fourth-order valence-electron chi connectivity index (χ4n) is 2.66. The number of likely N-dealkylation sites (tertiary alicyclic amines) is 1. The monoisotopic (exact) mass is 305 g/mol. The summed E-state index contributed by atoms with van der Waals surface area (Å²) in [6.07, 6.45) is 1.42. The van der Waals surface area contributed by atoms with Gasteiger partial charge in [-0.15, -0.1) is 0 Å². The van der Waals surface area contributed by atoms with Gasteiger partial charge in [-0.3, -0.25) is 9.59 Å². The minimum absolute atomic E-state index is 0.00969. The topological polar surface area (TPSA) is 55.8 Å². The summed E-state index contributed by atoms with van der Waals surface area (Å²) in [6.45, 7) is 3.79. The number of Topliss-reactive ketones (excluding diaryl/α,β-unsaturated/α-hetero) is 1. The third-order valence-electron chi connectivity index (χ3n) is 4.02. The van der Waals surface area contributed by atoms with Crippen LogP contribution in [0.1, 0.15) is 30.1 Å². The van der Waals surface area contributed by atoms with E-state index in [1.807, 2.05) is 6.92 Å². The van der Waals surface area contributed by atoms with Gasteiger partial charge in [-0.2, -0.15) is 0 Å². The van der Waals surface area contributed by atoms with Gasteiger partial charge >= 0.3 is 0 Å². The van der Waals surface area contributed by atoms with E-state index in [9.17, 15) is 9.59 Å². The van der Waals surface area contributed by atoms with Gasteiger partial charge in [0.05, 0.1) is 7.11 Å². The number of hydrogen-bond acceptors (Lipinski definition) is 4. The van der Waals surface area contributed by atoms with Crippen LogP contribution in [-0.2, 0) is 9.53 Å². The Morgan fingerprint density at radius 2 is 1.82 bits per heavy atom. The molecule has 1 saturated heterocycles. The first-order valence-corrected chi connectivity index (χ1v) is 7.69. The zero-order valence-corrected chi connectivity index (χ0v) is 13.2. The average molecular weight is 305 g/mol. The van der Waals surface area contributed by atoms with Gasteiger partial charge in [-0.1, -0.05) is 0 Å². The molecule has 0 aromatic heterocycles. The molecule has 0 saturated carbocycles. The molecule has 0 radical (unpaired) electrons. The maximum Gasteiger partial charge on any atom is 0.248 e. The Bertz CT molecular complexity index is 504. The van der Waals surface area contributed by atoms with Gasteiger partial charge < -0.3 is 14.4 Å². The molecular weight excluding hydrogens is 282 g/mol. The first-order chi connectivity index (χ1) is 10.7. The van der Waals surface area contributed by atoms with E-state index < -0.39 is 0 Å². The van der Waals surface area contributed by atoms with Crippen LogP contribution in [0.2, 0.25) is 0 Å². The molecule has 0 N–H and O–H groups in total. The first-order valence-electron chi connectivity index (χ1n) is 7.69. The molecule has 120 valence electrons. The van der Waals surface area contributed by atoms with Gasteiger partial charge in [0.2, 0.25) is 5.91 Å². The number of nitrogens with zero attached hydrogens (tertiary/aromatic N) is 1. The number of amides is 1. The quantitative estimate of drug-likeness (QED) is 0.756. The highest BCUT2D eigenvalue weighted by atomic mass is 16.5. The number of hydrogen-bond donors (Lipinski definition) is 0. The Kier molecular flexibility index (Phi) is 5.95. The average Bonchev–Trinajstić information content (AvgIpc) is 2.59. The fraction of sp³-hybridized carbons (Fsp3) is 0.529. The predicted octanol–water partition coefficient (Wildman–Crippen LogP) is 2.15. The van der Waals surface area contributed by atoms with Crippen molar-refractivity contribution in [2.45, 2.75) is 19.8 Å². The SMILES string of the molecule is CCOCC(=O)N1CCC(C(=O)c2ccc(OC)cc2)CC1. The molecule has 5 nitrogen and oxygen atoms in total. The number of ether oxygens (including phenoxy) is 2. The number of carbonyl (C=O) groups is 2. The van der Waals surface area contributed by atoms with Crippen molar-refractivity contribution >= 4 is 11.7 Å². The lowest BCUT2D eigenvalue weighted by Gasteiger charge is -2.31. The van der Waals surface area contributed by atoms with Crippen molar-refractivity contribution in [2.24, 2.45) is 5.92 Å². The number of ketones is 1. The van der Waals surface area contributed by atoms with Crippen LogP contribution in [0, 0.1) is 5.92 Å². The van der Waals surface area contributed by atoms with Crippen molar-refractivity contribution in [1.82, 2.24) is 4.90 Å². The molecule has 0 bridgehead atoms. The summed E-state index contributed by atoms with van der Waals surface area (Å²) in [5.74, 6) is 0.897. The number of benzene rings is 1. The smallest absolute Gasteiger partial charge is 0.248 e. The lowest BCUT2D eigenvalue weighted by atomic mass is 9.89. The van der Waals surface area contributed by atoms with E-state index >= 15 is 0 Å². The number of methoxy groups -OCH3 is 1. The molecule has 0 aliphatic carbocycles. The zero-order chi connectivity index (χ0) is 15.9. The molecule has 0 spiro atoms. The molecule has 0 atom stereocenters. The largest absolute Gasteiger partial charge is 0.497 e. The van der Waals surface area contributed by atoms with Crippen LogP contribution in [0.3, 0.4) is 0 Å². The van der Waals surface area contributed by atoms with Crippen LogP contribution in [0.5, 0.6) is 5.75 Å². The third-order valence-corrected chi connectivity index (χ3v) is 4.02. The van der Waals surface area contributed by atoms with E-state index in [-0.39, 0.29) is 24.2 Å². The third kappa shape index (κ3) is 4.07. The highest BCUT2D eigenvalue weighted by Crippen LogP contribution is 2.23. The molecular formula is C17H23NO4. The molecule has 1 fully saturated rings. The highest BCUT2D eigenvalue weighted by molar-refractivity contribution is 5.98. The molecule has 5 heteroatoms. The van der Waals surface area contributed by atoms with Crippen LogP contribution < -0.4 is 4.74 Å². The number of carbonyl (C=O) groups excluding carboxylic acids is 2. The van der Waals surface area contributed by atoms with Crippen LogP contribution in [0.25, 0.3) is 0 Å². The standard InChI is InChI=1S/C17H23NO4/c1-3-22-12-16(19)18-10-8-14(9-11-18)17(20)13-4-6-15(21-2)7-5-13/h4-7,14H,3,8-12H2,1-2H3. The summed E-state index contributed by atoms with van der Waals surface area (Å²) in [7, 11) is 1.60. The molecule has 1 amide bonds. The van der Waals surface area contributed by atoms with Gasteiger partial charge in [-0.25, -0.2) is 0 Å². The van der Waals surface area contributed by atoms with Gasteiger partial charge in [-0.05, 0) is 44.0 Å². The van der Waals surface area contributed by atoms with Crippen LogP contribution >= 0.6 is 0 Å². The van der Waals surface area contributed by atoms with Crippen molar-refractivity contribution < 1.29 is 19.1 Å². The molecule has 22 heavy (non-hydrogen) atoms. The maximum atomic E-state index is 12.5. The fourth-order valence-corrected chi connectivity index (χ4v) is 2.66. The summed E-state index contributed by atoms with van der Waals surface area (Å²) in [6, 6.07) is 7.20. The normalized spacial score (nSPS) is 15.6. The van der Waals surface area contributed by atoms with Crippen molar-refractivity contribution in [3.63, 3.8) is 0 Å². The van der Waals surface area contributed by atoms with Crippen molar-refractivity contribution in [3.05, 3.63) is 29.8 Å². The second-order valence-electron chi connectivity index (χ2n) is 5.38. The lowest BCUT2D eigenvalue weighted by Crippen LogP contribution is -2.42. The molecule has 1 aliphatic rings. The summed E-state index contributed by atoms with van der Waals surface area (Å²) in [5, 5.41) is 0. The minimum Gasteiger partial charge on any atom is -0.497 e. The summed E-state index contributed by atoms with van der Waals surface area (Å²) < 4.78 is 10.2. The Morgan fingerprint density at radius 3 is 2.36 bits per heavy atom. The summed E-state index contributed by atoms with van der Waals surface area (Å²) in [4.78, 5) is 26.1. The van der Waals surface area contributed by atoms with Gasteiger partial charge in [0, 0.05) is 31.2 Å². The number of piperidine rings is 1. The molecule has 2 rings (SSSR count). The second-order valence-corrected chi connectivity index (χ2v) is 5.38. The van der Waals surface area contributed by atoms with Gasteiger partial charge in [0.1, 0.15) is 12.4 Å². The van der Waals surface area contributed by atoms with Crippen LogP contribution in [-0.4, -0.2) is 50.0 Å². The van der Waals surface area contributed by atoms with Gasteiger partial charge in [0.15, 0.2) is 5.78 Å². The molecule has 1 aromatic rings. The lowest BCUT2D eigenvalue weighted by molar-refractivity contribution is -0.137. The summed E-state index contributed by atoms with van der Waals surface area (Å²) >= 11 is 0. The summed E-state index contributed by atoms with van der Waals surface area (Å²) in [5.41, 5.74) is 0.708. The van der Waals surface area contributed by atoms with E-state index in [4.69, 9.17) is 9.47 Å². The molecule has 1 aliphatic heterocycles.